The van der Waals surface area contributed by atoms with Gasteiger partial charge in [-0.1, -0.05) is 0 Å². The molecule has 0 amide bonds. The van der Waals surface area contributed by atoms with Gasteiger partial charge in [0, 0.05) is 0 Å². The SMILES string of the molecule is COc1ccc(I)nc1OC1CCCC1. The topological polar surface area (TPSA) is 31.4 Å². The van der Waals surface area contributed by atoms with E-state index in [2.05, 4.69) is 27.6 Å². The Balaban J connectivity index is 2.14. The summed E-state index contributed by atoms with van der Waals surface area (Å²) in [5.74, 6) is 1.36. The van der Waals surface area contributed by atoms with Crippen molar-refractivity contribution in [3.05, 3.63) is 15.8 Å². The van der Waals surface area contributed by atoms with Gasteiger partial charge in [0.05, 0.1) is 7.11 Å². The molecule has 82 valence electrons. The van der Waals surface area contributed by atoms with Crippen molar-refractivity contribution >= 4 is 22.6 Å². The molecule has 1 heterocycles. The molecule has 1 saturated carbocycles. The Labute approximate surface area is 103 Å². The molecule has 1 aromatic rings. The van der Waals surface area contributed by atoms with Gasteiger partial charge in [0.1, 0.15) is 9.80 Å². The average Bonchev–Trinajstić information content (AvgIpc) is 2.71. The third-order valence-electron chi connectivity index (χ3n) is 2.59. The highest BCUT2D eigenvalue weighted by Crippen LogP contribution is 2.30. The zero-order chi connectivity index (χ0) is 10.7. The van der Waals surface area contributed by atoms with E-state index in [1.54, 1.807) is 7.11 Å². The monoisotopic (exact) mass is 319 g/mol. The summed E-state index contributed by atoms with van der Waals surface area (Å²) >= 11 is 2.18. The minimum absolute atomic E-state index is 0.324. The predicted octanol–water partition coefficient (Wildman–Crippen LogP) is 3.02. The molecule has 0 spiro atoms. The van der Waals surface area contributed by atoms with Crippen molar-refractivity contribution in [2.75, 3.05) is 7.11 Å². The number of ether oxygens (including phenoxy) is 2. The highest BCUT2D eigenvalue weighted by Gasteiger charge is 2.19. The average molecular weight is 319 g/mol. The fraction of sp³-hybridized carbons (Fsp3) is 0.545. The first-order valence-corrected chi connectivity index (χ1v) is 6.24. The van der Waals surface area contributed by atoms with Gasteiger partial charge in [-0.25, -0.2) is 4.98 Å². The van der Waals surface area contributed by atoms with Gasteiger partial charge in [-0.15, -0.1) is 0 Å². The maximum Gasteiger partial charge on any atom is 0.258 e. The maximum atomic E-state index is 5.84. The van der Waals surface area contributed by atoms with E-state index in [9.17, 15) is 0 Å². The number of hydrogen-bond donors (Lipinski definition) is 0. The van der Waals surface area contributed by atoms with Crippen LogP contribution >= 0.6 is 22.6 Å². The largest absolute Gasteiger partial charge is 0.491 e. The van der Waals surface area contributed by atoms with Gasteiger partial charge in [-0.05, 0) is 60.4 Å². The molecule has 4 heteroatoms. The molecule has 0 bridgehead atoms. The number of hydrogen-bond acceptors (Lipinski definition) is 3. The lowest BCUT2D eigenvalue weighted by Crippen LogP contribution is -2.12. The summed E-state index contributed by atoms with van der Waals surface area (Å²) in [7, 11) is 1.64. The molecule has 15 heavy (non-hydrogen) atoms. The van der Waals surface area contributed by atoms with Crippen LogP contribution < -0.4 is 9.47 Å². The van der Waals surface area contributed by atoms with Crippen molar-refractivity contribution in [1.82, 2.24) is 4.98 Å². The van der Waals surface area contributed by atoms with Crippen molar-refractivity contribution in [2.24, 2.45) is 0 Å². The summed E-state index contributed by atoms with van der Waals surface area (Å²) in [6.07, 6.45) is 5.12. The summed E-state index contributed by atoms with van der Waals surface area (Å²) in [4.78, 5) is 4.35. The molecule has 0 saturated heterocycles. The molecule has 1 fully saturated rings. The lowest BCUT2D eigenvalue weighted by molar-refractivity contribution is 0.191. The smallest absolute Gasteiger partial charge is 0.258 e. The second kappa shape index (κ2) is 5.01. The number of halogens is 1. The predicted molar refractivity (Wildman–Crippen MR) is 66.4 cm³/mol. The van der Waals surface area contributed by atoms with Crippen molar-refractivity contribution in [2.45, 2.75) is 31.8 Å². The van der Waals surface area contributed by atoms with Gasteiger partial charge in [0.15, 0.2) is 5.75 Å². The number of nitrogens with zero attached hydrogens (tertiary/aromatic N) is 1. The second-order valence-electron chi connectivity index (χ2n) is 3.67. The van der Waals surface area contributed by atoms with E-state index in [1.807, 2.05) is 12.1 Å². The molecule has 1 aromatic heterocycles. The molecule has 0 unspecified atom stereocenters. The Bertz CT molecular complexity index is 337. The van der Waals surface area contributed by atoms with Crippen LogP contribution in [0.3, 0.4) is 0 Å². The summed E-state index contributed by atoms with van der Waals surface area (Å²) in [6.45, 7) is 0. The van der Waals surface area contributed by atoms with Crippen LogP contribution in [0.1, 0.15) is 25.7 Å². The molecule has 0 radical (unpaired) electrons. The molecular weight excluding hydrogens is 305 g/mol. The Morgan fingerprint density at radius 2 is 2.07 bits per heavy atom. The van der Waals surface area contributed by atoms with Gasteiger partial charge in [0.25, 0.3) is 5.88 Å². The van der Waals surface area contributed by atoms with E-state index in [0.29, 0.717) is 12.0 Å². The fourth-order valence-corrected chi connectivity index (χ4v) is 2.21. The fourth-order valence-electron chi connectivity index (χ4n) is 1.81. The third kappa shape index (κ3) is 2.74. The molecule has 2 rings (SSSR count). The van der Waals surface area contributed by atoms with Crippen molar-refractivity contribution < 1.29 is 9.47 Å². The van der Waals surface area contributed by atoms with Crippen LogP contribution in [-0.4, -0.2) is 18.2 Å². The molecular formula is C11H14INO2. The second-order valence-corrected chi connectivity index (χ2v) is 4.77. The Morgan fingerprint density at radius 1 is 1.33 bits per heavy atom. The Kier molecular flexibility index (Phi) is 3.66. The van der Waals surface area contributed by atoms with E-state index in [4.69, 9.17) is 9.47 Å². The van der Waals surface area contributed by atoms with Crippen LogP contribution in [0.4, 0.5) is 0 Å². The van der Waals surface area contributed by atoms with Crippen LogP contribution in [-0.2, 0) is 0 Å². The Morgan fingerprint density at radius 3 is 2.73 bits per heavy atom. The van der Waals surface area contributed by atoms with Gasteiger partial charge in [-0.3, -0.25) is 0 Å². The first kappa shape index (κ1) is 11.0. The van der Waals surface area contributed by atoms with Crippen LogP contribution in [0.5, 0.6) is 11.6 Å². The van der Waals surface area contributed by atoms with Crippen LogP contribution in [0.25, 0.3) is 0 Å². The summed E-state index contributed by atoms with van der Waals surface area (Å²) in [5, 5.41) is 0. The minimum atomic E-state index is 0.324. The van der Waals surface area contributed by atoms with Crippen molar-refractivity contribution in [3.8, 4) is 11.6 Å². The van der Waals surface area contributed by atoms with E-state index in [-0.39, 0.29) is 0 Å². The zero-order valence-electron chi connectivity index (χ0n) is 8.70. The molecule has 1 aliphatic carbocycles. The van der Waals surface area contributed by atoms with Gasteiger partial charge >= 0.3 is 0 Å². The van der Waals surface area contributed by atoms with E-state index >= 15 is 0 Å². The van der Waals surface area contributed by atoms with Gasteiger partial charge in [-0.2, -0.15) is 0 Å². The third-order valence-corrected chi connectivity index (χ3v) is 3.19. The highest BCUT2D eigenvalue weighted by atomic mass is 127. The van der Waals surface area contributed by atoms with Crippen LogP contribution in [0, 0.1) is 3.70 Å². The number of pyridine rings is 1. The summed E-state index contributed by atoms with van der Waals surface area (Å²) in [6, 6.07) is 3.82. The normalized spacial score (nSPS) is 16.7. The van der Waals surface area contributed by atoms with E-state index < -0.39 is 0 Å². The number of methoxy groups -OCH3 is 1. The minimum Gasteiger partial charge on any atom is -0.491 e. The molecule has 1 aliphatic rings. The molecule has 0 N–H and O–H groups in total. The molecule has 3 nitrogen and oxygen atoms in total. The number of aromatic nitrogens is 1. The van der Waals surface area contributed by atoms with Gasteiger partial charge < -0.3 is 9.47 Å². The van der Waals surface area contributed by atoms with E-state index in [0.717, 1.165) is 22.3 Å². The van der Waals surface area contributed by atoms with Crippen LogP contribution in [0.15, 0.2) is 12.1 Å². The first-order chi connectivity index (χ1) is 7.29. The zero-order valence-corrected chi connectivity index (χ0v) is 10.9. The van der Waals surface area contributed by atoms with Crippen LogP contribution in [0.2, 0.25) is 0 Å². The quantitative estimate of drug-likeness (QED) is 0.634. The lowest BCUT2D eigenvalue weighted by atomic mass is 10.3. The molecule has 0 atom stereocenters. The van der Waals surface area contributed by atoms with Gasteiger partial charge in [0.2, 0.25) is 0 Å². The summed E-state index contributed by atoms with van der Waals surface area (Å²) in [5.41, 5.74) is 0. The molecule has 0 aliphatic heterocycles. The lowest BCUT2D eigenvalue weighted by Gasteiger charge is -2.14. The standard InChI is InChI=1S/C11H14INO2/c1-14-9-6-7-10(12)13-11(9)15-8-4-2-3-5-8/h6-8H,2-5H2,1H3. The first-order valence-electron chi connectivity index (χ1n) is 5.17. The van der Waals surface area contributed by atoms with Crippen molar-refractivity contribution in [3.63, 3.8) is 0 Å². The Hall–Kier alpha value is -0.520. The van der Waals surface area contributed by atoms with E-state index in [1.165, 1.54) is 12.8 Å². The number of rotatable bonds is 3. The maximum absolute atomic E-state index is 5.84. The summed E-state index contributed by atoms with van der Waals surface area (Å²) < 4.78 is 12.0. The highest BCUT2D eigenvalue weighted by molar-refractivity contribution is 14.1. The van der Waals surface area contributed by atoms with Crippen molar-refractivity contribution in [1.29, 1.82) is 0 Å². The molecule has 0 aromatic carbocycles.